The zero-order valence-corrected chi connectivity index (χ0v) is 29.3. The first kappa shape index (κ1) is 30.7. The molecule has 0 amide bonds. The predicted octanol–water partition coefficient (Wildman–Crippen LogP) is 11.8. The summed E-state index contributed by atoms with van der Waals surface area (Å²) in [7, 11) is 0. The van der Waals surface area contributed by atoms with Crippen LogP contribution in [0.15, 0.2) is 191 Å². The van der Waals surface area contributed by atoms with Crippen molar-refractivity contribution in [3.8, 4) is 16.8 Å². The summed E-state index contributed by atoms with van der Waals surface area (Å²) < 4.78 is 9.46. The van der Waals surface area contributed by atoms with Gasteiger partial charge in [-0.2, -0.15) is 0 Å². The largest absolute Gasteiger partial charge is 0.454 e. The first-order valence-electron chi connectivity index (χ1n) is 18.4. The third-order valence-corrected chi connectivity index (χ3v) is 10.9. The molecule has 2 unspecified atom stereocenters. The Morgan fingerprint density at radius 3 is 1.98 bits per heavy atom. The molecule has 10 aromatic rings. The van der Waals surface area contributed by atoms with Crippen LogP contribution in [-0.4, -0.2) is 10.4 Å². The molecule has 0 saturated carbocycles. The number of nitrogens with one attached hydrogen (secondary N) is 2. The van der Waals surface area contributed by atoms with E-state index in [9.17, 15) is 0 Å². The van der Waals surface area contributed by atoms with Gasteiger partial charge in [-0.25, -0.2) is 4.99 Å². The number of hydrogen-bond donors (Lipinski definition) is 2. The molecule has 54 heavy (non-hydrogen) atoms. The van der Waals surface area contributed by atoms with Crippen LogP contribution in [0.4, 0.5) is 0 Å². The van der Waals surface area contributed by atoms with E-state index in [4.69, 9.17) is 9.41 Å². The van der Waals surface area contributed by atoms with E-state index in [2.05, 4.69) is 185 Å². The van der Waals surface area contributed by atoms with Gasteiger partial charge in [0.05, 0.1) is 16.7 Å². The van der Waals surface area contributed by atoms with Gasteiger partial charge >= 0.3 is 0 Å². The Labute approximate surface area is 311 Å². The van der Waals surface area contributed by atoms with Crippen LogP contribution in [0.5, 0.6) is 0 Å². The SMILES string of the molecule is c1ccc(C2=NC(c3ccccc3)NC(c3ccc(-n4c5ccccc5c5ccc(-c6ccccc6)cc54)c4oc5cc6ccccc6cc5c34)N2)cc1. The molecule has 0 aliphatic carbocycles. The predicted molar refractivity (Wildman–Crippen MR) is 222 cm³/mol. The summed E-state index contributed by atoms with van der Waals surface area (Å²) in [6.07, 6.45) is -0.523. The van der Waals surface area contributed by atoms with Gasteiger partial charge in [0.2, 0.25) is 0 Å². The van der Waals surface area contributed by atoms with Crippen molar-refractivity contribution in [2.75, 3.05) is 0 Å². The minimum atomic E-state index is -0.269. The van der Waals surface area contributed by atoms with E-state index in [1.165, 1.54) is 27.3 Å². The summed E-state index contributed by atoms with van der Waals surface area (Å²) in [5.74, 6) is 0.847. The van der Waals surface area contributed by atoms with E-state index >= 15 is 0 Å². The average Bonchev–Trinajstić information content (AvgIpc) is 3.78. The summed E-state index contributed by atoms with van der Waals surface area (Å²) >= 11 is 0. The number of aromatic nitrogens is 1. The van der Waals surface area contributed by atoms with Gasteiger partial charge in [0, 0.05) is 32.7 Å². The molecule has 0 radical (unpaired) electrons. The topological polar surface area (TPSA) is 54.5 Å². The summed E-state index contributed by atoms with van der Waals surface area (Å²) in [5.41, 5.74) is 10.6. The van der Waals surface area contributed by atoms with E-state index in [0.717, 1.165) is 66.6 Å². The highest BCUT2D eigenvalue weighted by atomic mass is 16.3. The molecule has 3 heterocycles. The fourth-order valence-electron chi connectivity index (χ4n) is 8.30. The van der Waals surface area contributed by atoms with Crippen LogP contribution in [0.25, 0.3) is 71.3 Å². The first-order chi connectivity index (χ1) is 26.8. The number of hydrogen-bond acceptors (Lipinski definition) is 4. The standard InChI is InChI=1S/C49H34N4O/c1-4-14-31(15-5-1)36-24-25-38-37-22-12-13-23-41(37)53(43(38)29-36)42-27-26-39(45-40-28-34-20-10-11-21-35(34)30-44(40)54-46(42)45)49-51-47(32-16-6-2-7-17-32)50-48(52-49)33-18-8-3-9-19-33/h1-30,47,49,51H,(H,50,52). The van der Waals surface area contributed by atoms with Crippen LogP contribution in [0, 0.1) is 0 Å². The minimum absolute atomic E-state index is 0.255. The lowest BCUT2D eigenvalue weighted by molar-refractivity contribution is 0.411. The van der Waals surface area contributed by atoms with Crippen LogP contribution in [0.3, 0.4) is 0 Å². The zero-order chi connectivity index (χ0) is 35.6. The summed E-state index contributed by atoms with van der Waals surface area (Å²) in [4.78, 5) is 5.20. The van der Waals surface area contributed by atoms with Gasteiger partial charge in [0.15, 0.2) is 5.58 Å². The molecule has 8 aromatic carbocycles. The van der Waals surface area contributed by atoms with Crippen LogP contribution < -0.4 is 10.6 Å². The molecule has 1 aliphatic rings. The molecule has 5 nitrogen and oxygen atoms in total. The second-order valence-electron chi connectivity index (χ2n) is 14.0. The lowest BCUT2D eigenvalue weighted by Gasteiger charge is -2.32. The van der Waals surface area contributed by atoms with Crippen LogP contribution in [-0.2, 0) is 0 Å². The molecule has 11 rings (SSSR count). The highest BCUT2D eigenvalue weighted by molar-refractivity contribution is 6.16. The number of furan rings is 1. The molecule has 0 saturated heterocycles. The molecule has 0 bridgehead atoms. The van der Waals surface area contributed by atoms with E-state index in [0.29, 0.717) is 0 Å². The van der Waals surface area contributed by atoms with Crippen LogP contribution in [0.2, 0.25) is 0 Å². The Kier molecular flexibility index (Phi) is 7.00. The maximum absolute atomic E-state index is 7.08. The number of benzene rings is 8. The van der Waals surface area contributed by atoms with Crippen molar-refractivity contribution in [2.24, 2.45) is 4.99 Å². The van der Waals surface area contributed by atoms with E-state index in [1.54, 1.807) is 0 Å². The Bertz CT molecular complexity index is 3050. The summed E-state index contributed by atoms with van der Waals surface area (Å²) in [5, 5.41) is 14.5. The van der Waals surface area contributed by atoms with Crippen LogP contribution >= 0.6 is 0 Å². The molecule has 2 atom stereocenters. The molecular weight excluding hydrogens is 661 g/mol. The van der Waals surface area contributed by atoms with Gasteiger partial charge in [-0.1, -0.05) is 152 Å². The fraction of sp³-hybridized carbons (Fsp3) is 0.0408. The van der Waals surface area contributed by atoms with Crippen molar-refractivity contribution in [1.82, 2.24) is 15.2 Å². The normalized spacial score (nSPS) is 16.0. The monoisotopic (exact) mass is 694 g/mol. The minimum Gasteiger partial charge on any atom is -0.454 e. The molecular formula is C49H34N4O. The Balaban J connectivity index is 1.18. The molecule has 5 heteroatoms. The Morgan fingerprint density at radius 1 is 0.519 bits per heavy atom. The van der Waals surface area contributed by atoms with Crippen molar-refractivity contribution >= 4 is 60.4 Å². The first-order valence-corrected chi connectivity index (χ1v) is 18.4. The number of aliphatic imine (C=N–C) groups is 1. The highest BCUT2D eigenvalue weighted by Crippen LogP contribution is 2.43. The molecule has 0 fully saturated rings. The highest BCUT2D eigenvalue weighted by Gasteiger charge is 2.29. The summed E-state index contributed by atoms with van der Waals surface area (Å²) in [6, 6.07) is 64.4. The van der Waals surface area contributed by atoms with Gasteiger partial charge in [0.1, 0.15) is 23.8 Å². The number of para-hydroxylation sites is 1. The quantitative estimate of drug-likeness (QED) is 0.189. The Hall–Kier alpha value is -6.95. The maximum Gasteiger partial charge on any atom is 0.159 e. The average molecular weight is 695 g/mol. The van der Waals surface area contributed by atoms with Crippen molar-refractivity contribution < 1.29 is 4.42 Å². The lowest BCUT2D eigenvalue weighted by atomic mass is 9.99. The van der Waals surface area contributed by atoms with E-state index in [1.807, 2.05) is 12.1 Å². The van der Waals surface area contributed by atoms with Gasteiger partial charge in [-0.05, 0) is 57.8 Å². The van der Waals surface area contributed by atoms with Crippen molar-refractivity contribution in [3.05, 3.63) is 199 Å². The molecule has 2 N–H and O–H groups in total. The second kappa shape index (κ2) is 12.3. The summed E-state index contributed by atoms with van der Waals surface area (Å²) in [6.45, 7) is 0. The number of amidine groups is 1. The third-order valence-electron chi connectivity index (χ3n) is 10.9. The van der Waals surface area contributed by atoms with E-state index in [-0.39, 0.29) is 12.3 Å². The second-order valence-corrected chi connectivity index (χ2v) is 14.0. The van der Waals surface area contributed by atoms with Gasteiger partial charge in [0.25, 0.3) is 0 Å². The number of fused-ring (bicyclic) bond motifs is 7. The third kappa shape index (κ3) is 4.94. The Morgan fingerprint density at radius 2 is 1.19 bits per heavy atom. The number of rotatable bonds is 5. The van der Waals surface area contributed by atoms with Gasteiger partial charge in [-0.15, -0.1) is 0 Å². The van der Waals surface area contributed by atoms with Crippen molar-refractivity contribution in [3.63, 3.8) is 0 Å². The zero-order valence-electron chi connectivity index (χ0n) is 29.3. The molecule has 256 valence electrons. The van der Waals surface area contributed by atoms with Gasteiger partial charge in [-0.3, -0.25) is 5.32 Å². The molecule has 2 aromatic heterocycles. The molecule has 1 aliphatic heterocycles. The van der Waals surface area contributed by atoms with Crippen LogP contribution in [0.1, 0.15) is 29.0 Å². The van der Waals surface area contributed by atoms with E-state index < -0.39 is 0 Å². The van der Waals surface area contributed by atoms with Crippen molar-refractivity contribution in [1.29, 1.82) is 0 Å². The number of nitrogens with zero attached hydrogens (tertiary/aromatic N) is 2. The smallest absolute Gasteiger partial charge is 0.159 e. The van der Waals surface area contributed by atoms with Gasteiger partial charge < -0.3 is 14.3 Å². The lowest BCUT2D eigenvalue weighted by Crippen LogP contribution is -2.45. The fourth-order valence-corrected chi connectivity index (χ4v) is 8.30. The maximum atomic E-state index is 7.08. The molecule has 0 spiro atoms. The van der Waals surface area contributed by atoms with Crippen molar-refractivity contribution in [2.45, 2.75) is 12.3 Å².